The minimum absolute atomic E-state index is 0.0336. The normalized spacial score (nSPS) is 12.1. The lowest BCUT2D eigenvalue weighted by Crippen LogP contribution is -2.42. The van der Waals surface area contributed by atoms with Gasteiger partial charge in [0.15, 0.2) is 5.82 Å². The highest BCUT2D eigenvalue weighted by atomic mass is 32.1. The lowest BCUT2D eigenvalue weighted by molar-refractivity contribution is -0.139. The van der Waals surface area contributed by atoms with Gasteiger partial charge in [-0.25, -0.2) is 9.78 Å². The molecule has 226 valence electrons. The van der Waals surface area contributed by atoms with Crippen molar-refractivity contribution in [2.45, 2.75) is 77.7 Å². The van der Waals surface area contributed by atoms with Crippen LogP contribution < -0.4 is 10.1 Å². The number of benzene rings is 3. The average molecular weight is 600 g/mol. The Morgan fingerprint density at radius 1 is 0.884 bits per heavy atom. The van der Waals surface area contributed by atoms with Crippen LogP contribution in [0.4, 0.5) is 0 Å². The molecule has 7 nitrogen and oxygen atoms in total. The first-order valence-electron chi connectivity index (χ1n) is 14.9. The number of carbonyl (C=O) groups is 2. The van der Waals surface area contributed by atoms with Gasteiger partial charge in [-0.1, -0.05) is 89.8 Å². The molecule has 0 aliphatic carbocycles. The smallest absolute Gasteiger partial charge is 0.326 e. The van der Waals surface area contributed by atoms with Gasteiger partial charge in [0.05, 0.1) is 6.61 Å². The van der Waals surface area contributed by atoms with Crippen LogP contribution in [0, 0.1) is 0 Å². The van der Waals surface area contributed by atoms with Crippen molar-refractivity contribution in [1.29, 1.82) is 0 Å². The molecule has 0 saturated heterocycles. The predicted molar refractivity (Wildman–Crippen MR) is 173 cm³/mol. The van der Waals surface area contributed by atoms with Crippen LogP contribution in [0.5, 0.6) is 5.75 Å². The monoisotopic (exact) mass is 599 g/mol. The molecule has 1 atom stereocenters. The van der Waals surface area contributed by atoms with E-state index in [-0.39, 0.29) is 11.8 Å². The van der Waals surface area contributed by atoms with Crippen LogP contribution in [0.25, 0.3) is 22.0 Å². The largest absolute Gasteiger partial charge is 0.494 e. The molecule has 1 amide bonds. The summed E-state index contributed by atoms with van der Waals surface area (Å²) in [7, 11) is 0. The number of aromatic nitrogens is 2. The lowest BCUT2D eigenvalue weighted by atomic mass is 9.86. The van der Waals surface area contributed by atoms with Crippen LogP contribution >= 0.6 is 11.5 Å². The van der Waals surface area contributed by atoms with Crippen molar-refractivity contribution in [2.75, 3.05) is 6.61 Å². The molecule has 0 bridgehead atoms. The molecule has 0 spiro atoms. The first-order valence-corrected chi connectivity index (χ1v) is 15.7. The number of amides is 1. The summed E-state index contributed by atoms with van der Waals surface area (Å²) in [5.74, 6) is -0.0294. The van der Waals surface area contributed by atoms with Crippen molar-refractivity contribution in [3.8, 4) is 27.7 Å². The third-order valence-corrected chi connectivity index (χ3v) is 8.08. The van der Waals surface area contributed by atoms with Gasteiger partial charge in [-0.3, -0.25) is 4.79 Å². The molecule has 0 aliphatic rings. The average Bonchev–Trinajstić information content (AvgIpc) is 3.49. The second-order valence-electron chi connectivity index (χ2n) is 11.8. The van der Waals surface area contributed by atoms with Gasteiger partial charge in [-0.05, 0) is 70.9 Å². The zero-order valence-corrected chi connectivity index (χ0v) is 26.2. The zero-order valence-electron chi connectivity index (χ0n) is 25.4. The first-order chi connectivity index (χ1) is 20.6. The SMILES string of the molecule is CCCCCCCOc1ccc(-c2nc(-c3ccc(CC(NC(=O)c4ccc(C(C)(C)C)cc4)C(=O)O)cc3)ns2)cc1. The number of nitrogens with one attached hydrogen (secondary N) is 1. The van der Waals surface area contributed by atoms with Crippen LogP contribution in [-0.4, -0.2) is 39.0 Å². The molecule has 0 aliphatic heterocycles. The maximum Gasteiger partial charge on any atom is 0.326 e. The second kappa shape index (κ2) is 14.9. The summed E-state index contributed by atoms with van der Waals surface area (Å²) in [5, 5.41) is 13.3. The number of unbranched alkanes of at least 4 members (excludes halogenated alkanes) is 4. The highest BCUT2D eigenvalue weighted by molar-refractivity contribution is 7.09. The van der Waals surface area contributed by atoms with Gasteiger partial charge in [0.25, 0.3) is 5.91 Å². The molecule has 43 heavy (non-hydrogen) atoms. The van der Waals surface area contributed by atoms with Gasteiger partial charge in [0, 0.05) is 23.1 Å². The van der Waals surface area contributed by atoms with E-state index in [1.807, 2.05) is 60.7 Å². The third-order valence-electron chi connectivity index (χ3n) is 7.31. The Kier molecular flexibility index (Phi) is 11.1. The van der Waals surface area contributed by atoms with E-state index in [2.05, 4.69) is 37.4 Å². The van der Waals surface area contributed by atoms with E-state index >= 15 is 0 Å². The molecule has 8 heteroatoms. The number of carboxylic acid groups (broad SMARTS) is 1. The molecule has 1 unspecified atom stereocenters. The van der Waals surface area contributed by atoms with Gasteiger partial charge < -0.3 is 15.2 Å². The minimum Gasteiger partial charge on any atom is -0.494 e. The Morgan fingerprint density at radius 2 is 1.53 bits per heavy atom. The lowest BCUT2D eigenvalue weighted by Gasteiger charge is -2.19. The van der Waals surface area contributed by atoms with Crippen molar-refractivity contribution in [2.24, 2.45) is 0 Å². The predicted octanol–water partition coefficient (Wildman–Crippen LogP) is 7.94. The second-order valence-corrected chi connectivity index (χ2v) is 12.6. The van der Waals surface area contributed by atoms with Crippen molar-refractivity contribution in [1.82, 2.24) is 14.7 Å². The minimum atomic E-state index is -1.09. The summed E-state index contributed by atoms with van der Waals surface area (Å²) in [6, 6.07) is 21.6. The van der Waals surface area contributed by atoms with E-state index in [4.69, 9.17) is 9.72 Å². The highest BCUT2D eigenvalue weighted by Crippen LogP contribution is 2.28. The van der Waals surface area contributed by atoms with E-state index in [0.29, 0.717) is 11.4 Å². The molecule has 1 heterocycles. The van der Waals surface area contributed by atoms with E-state index in [0.717, 1.165) is 46.0 Å². The summed E-state index contributed by atoms with van der Waals surface area (Å²) in [5.41, 5.74) is 4.10. The molecule has 4 rings (SSSR count). The van der Waals surface area contributed by atoms with Gasteiger partial charge in [-0.2, -0.15) is 4.37 Å². The summed E-state index contributed by atoms with van der Waals surface area (Å²) in [6.07, 6.45) is 6.20. The summed E-state index contributed by atoms with van der Waals surface area (Å²) in [4.78, 5) is 29.5. The molecule has 4 aromatic rings. The maximum absolute atomic E-state index is 12.8. The summed E-state index contributed by atoms with van der Waals surface area (Å²) in [6.45, 7) is 9.24. The Morgan fingerprint density at radius 3 is 2.16 bits per heavy atom. The number of nitrogens with zero attached hydrogens (tertiary/aromatic N) is 2. The van der Waals surface area contributed by atoms with E-state index in [1.165, 1.54) is 37.2 Å². The molecular weight excluding hydrogens is 558 g/mol. The molecule has 0 fully saturated rings. The van der Waals surface area contributed by atoms with Gasteiger partial charge in [0.1, 0.15) is 16.8 Å². The van der Waals surface area contributed by atoms with Crippen LogP contribution in [0.1, 0.15) is 81.3 Å². The van der Waals surface area contributed by atoms with Crippen LogP contribution in [0.3, 0.4) is 0 Å². The van der Waals surface area contributed by atoms with Gasteiger partial charge in [0.2, 0.25) is 0 Å². The zero-order chi connectivity index (χ0) is 30.8. The highest BCUT2D eigenvalue weighted by Gasteiger charge is 2.22. The van der Waals surface area contributed by atoms with E-state index in [9.17, 15) is 14.7 Å². The Labute approximate surface area is 258 Å². The Bertz CT molecular complexity index is 1470. The number of hydrogen-bond acceptors (Lipinski definition) is 6. The molecule has 2 N–H and O–H groups in total. The molecule has 3 aromatic carbocycles. The molecule has 1 aromatic heterocycles. The standard InChI is InChI=1S/C35H41N3O4S/c1-5-6-7-8-9-22-42-29-20-16-27(17-21-29)33-37-31(38-43-33)25-12-10-24(11-13-25)23-30(34(40)41)36-32(39)26-14-18-28(19-15-26)35(2,3)4/h10-21,30H,5-9,22-23H2,1-4H3,(H,36,39)(H,40,41). The number of aliphatic carboxylic acids is 1. The fourth-order valence-corrected chi connectivity index (χ4v) is 5.32. The van der Waals surface area contributed by atoms with Crippen molar-refractivity contribution >= 4 is 23.4 Å². The topological polar surface area (TPSA) is 101 Å². The van der Waals surface area contributed by atoms with Crippen LogP contribution in [0.15, 0.2) is 72.8 Å². The first kappa shape index (κ1) is 31.9. The number of carboxylic acids is 1. The van der Waals surface area contributed by atoms with Gasteiger partial charge >= 0.3 is 5.97 Å². The third kappa shape index (κ3) is 9.22. The Balaban J connectivity index is 1.33. The summed E-state index contributed by atoms with van der Waals surface area (Å²) >= 11 is 1.33. The number of carbonyl (C=O) groups excluding carboxylic acids is 1. The van der Waals surface area contributed by atoms with Crippen LogP contribution in [0.2, 0.25) is 0 Å². The van der Waals surface area contributed by atoms with Crippen LogP contribution in [-0.2, 0) is 16.6 Å². The molecule has 0 saturated carbocycles. The van der Waals surface area contributed by atoms with E-state index in [1.54, 1.807) is 12.1 Å². The van der Waals surface area contributed by atoms with E-state index < -0.39 is 17.9 Å². The van der Waals surface area contributed by atoms with Gasteiger partial charge in [-0.15, -0.1) is 0 Å². The Hall–Kier alpha value is -4.04. The van der Waals surface area contributed by atoms with Crippen molar-refractivity contribution < 1.29 is 19.4 Å². The molecular formula is C35H41N3O4S. The molecule has 0 radical (unpaired) electrons. The number of ether oxygens (including phenoxy) is 1. The summed E-state index contributed by atoms with van der Waals surface area (Å²) < 4.78 is 10.4. The maximum atomic E-state index is 12.8. The fraction of sp³-hybridized carbons (Fsp3) is 0.371. The van der Waals surface area contributed by atoms with Crippen molar-refractivity contribution in [3.63, 3.8) is 0 Å². The number of rotatable bonds is 14. The number of hydrogen-bond donors (Lipinski definition) is 2. The quantitative estimate of drug-likeness (QED) is 0.143. The fourth-order valence-electron chi connectivity index (χ4n) is 4.64. The van der Waals surface area contributed by atoms with Crippen molar-refractivity contribution in [3.05, 3.63) is 89.5 Å².